The minimum absolute atomic E-state index is 0.210. The number of hydrogen-bond acceptors (Lipinski definition) is 5. The topological polar surface area (TPSA) is 66.8 Å². The number of aldehydes is 1. The van der Waals surface area contributed by atoms with Gasteiger partial charge in [-0.05, 0) is 41.0 Å². The van der Waals surface area contributed by atoms with E-state index >= 15 is 0 Å². The lowest BCUT2D eigenvalue weighted by atomic mass is 9.99. The lowest BCUT2D eigenvalue weighted by molar-refractivity contribution is -0.274. The van der Waals surface area contributed by atoms with Gasteiger partial charge in [0.2, 0.25) is 5.78 Å². The standard InChI is InChI=1S/C18H14F3NO4/c19-18(20,21)26-14-5-3-13(4-6-14)22-8-12-2-1-11(9-23)7-15(12)17(22)16(25)10-24/h1-7,10,17,23H,8-9H2. The van der Waals surface area contributed by atoms with Crippen LogP contribution < -0.4 is 9.64 Å². The summed E-state index contributed by atoms with van der Waals surface area (Å²) in [6, 6.07) is 9.32. The molecule has 0 aliphatic carbocycles. The van der Waals surface area contributed by atoms with Crippen LogP contribution in [-0.2, 0) is 22.7 Å². The molecule has 0 saturated carbocycles. The summed E-state index contributed by atoms with van der Waals surface area (Å²) in [5, 5.41) is 9.28. The van der Waals surface area contributed by atoms with E-state index in [0.717, 1.165) is 17.7 Å². The molecule has 1 atom stereocenters. The van der Waals surface area contributed by atoms with E-state index in [2.05, 4.69) is 4.74 Å². The number of carbonyl (C=O) groups is 2. The molecule has 2 aromatic rings. The number of rotatable bonds is 5. The van der Waals surface area contributed by atoms with Gasteiger partial charge in [-0.1, -0.05) is 18.2 Å². The number of anilines is 1. The predicted octanol–water partition coefficient (Wildman–Crippen LogP) is 2.91. The Kier molecular flexibility index (Phi) is 4.69. The number of Topliss-reactive ketones (excluding diaryl/α,β-unsaturated/α-hetero) is 1. The summed E-state index contributed by atoms with van der Waals surface area (Å²) >= 11 is 0. The zero-order valence-corrected chi connectivity index (χ0v) is 13.4. The number of hydrogen-bond donors (Lipinski definition) is 1. The quantitative estimate of drug-likeness (QED) is 0.652. The number of ether oxygens (including phenoxy) is 1. The average Bonchev–Trinajstić information content (AvgIpc) is 2.98. The van der Waals surface area contributed by atoms with Crippen LogP contribution in [0.4, 0.5) is 18.9 Å². The average molecular weight is 365 g/mol. The molecule has 136 valence electrons. The molecule has 0 bridgehead atoms. The number of benzene rings is 2. The number of alkyl halides is 3. The molecule has 2 aromatic carbocycles. The molecule has 0 amide bonds. The van der Waals surface area contributed by atoms with Crippen molar-refractivity contribution in [2.24, 2.45) is 0 Å². The minimum Gasteiger partial charge on any atom is -0.406 e. The maximum absolute atomic E-state index is 12.3. The number of aliphatic hydroxyl groups is 1. The van der Waals surface area contributed by atoms with Crippen molar-refractivity contribution < 1.29 is 32.6 Å². The molecular formula is C18H14F3NO4. The fraction of sp³-hybridized carbons (Fsp3) is 0.222. The number of nitrogens with zero attached hydrogens (tertiary/aromatic N) is 1. The summed E-state index contributed by atoms with van der Waals surface area (Å²) in [6.07, 6.45) is -4.57. The van der Waals surface area contributed by atoms with E-state index in [4.69, 9.17) is 0 Å². The Bertz CT molecular complexity index is 833. The maximum atomic E-state index is 12.3. The van der Waals surface area contributed by atoms with Crippen LogP contribution in [0.15, 0.2) is 42.5 Å². The van der Waals surface area contributed by atoms with Gasteiger partial charge >= 0.3 is 6.36 Å². The van der Waals surface area contributed by atoms with Gasteiger partial charge in [-0.2, -0.15) is 0 Å². The summed E-state index contributed by atoms with van der Waals surface area (Å²) in [5.41, 5.74) is 2.48. The largest absolute Gasteiger partial charge is 0.573 e. The zero-order chi connectivity index (χ0) is 18.9. The maximum Gasteiger partial charge on any atom is 0.573 e. The molecular weight excluding hydrogens is 351 g/mol. The molecule has 0 radical (unpaired) electrons. The van der Waals surface area contributed by atoms with E-state index in [1.165, 1.54) is 12.1 Å². The van der Waals surface area contributed by atoms with Crippen LogP contribution in [0.25, 0.3) is 0 Å². The Labute approximate surface area is 146 Å². The van der Waals surface area contributed by atoms with Gasteiger partial charge < -0.3 is 14.7 Å². The number of halogens is 3. The smallest absolute Gasteiger partial charge is 0.406 e. The van der Waals surface area contributed by atoms with Crippen molar-refractivity contribution >= 4 is 17.8 Å². The van der Waals surface area contributed by atoms with E-state index < -0.39 is 18.2 Å². The van der Waals surface area contributed by atoms with Crippen molar-refractivity contribution in [2.75, 3.05) is 4.90 Å². The Hall–Kier alpha value is -2.87. The van der Waals surface area contributed by atoms with Crippen molar-refractivity contribution in [3.05, 3.63) is 59.2 Å². The molecule has 0 spiro atoms. The molecule has 1 N–H and O–H groups in total. The lowest BCUT2D eigenvalue weighted by Gasteiger charge is -2.25. The molecule has 26 heavy (non-hydrogen) atoms. The molecule has 0 aromatic heterocycles. The first-order chi connectivity index (χ1) is 12.3. The fourth-order valence-corrected chi connectivity index (χ4v) is 3.03. The Morgan fingerprint density at radius 2 is 1.92 bits per heavy atom. The molecule has 1 heterocycles. The SMILES string of the molecule is O=CC(=O)C1c2cc(CO)ccc2CN1c1ccc(OC(F)(F)F)cc1. The first-order valence-corrected chi connectivity index (χ1v) is 7.66. The van der Waals surface area contributed by atoms with E-state index in [0.29, 0.717) is 23.4 Å². The van der Waals surface area contributed by atoms with Crippen LogP contribution in [0.3, 0.4) is 0 Å². The predicted molar refractivity (Wildman–Crippen MR) is 85.5 cm³/mol. The van der Waals surface area contributed by atoms with Crippen molar-refractivity contribution in [2.45, 2.75) is 25.6 Å². The zero-order valence-electron chi connectivity index (χ0n) is 13.4. The first-order valence-electron chi connectivity index (χ1n) is 7.66. The lowest BCUT2D eigenvalue weighted by Crippen LogP contribution is -2.28. The normalized spacial score (nSPS) is 16.3. The van der Waals surface area contributed by atoms with Crippen LogP contribution >= 0.6 is 0 Å². The van der Waals surface area contributed by atoms with Crippen LogP contribution in [0.1, 0.15) is 22.7 Å². The van der Waals surface area contributed by atoms with Crippen LogP contribution in [0, 0.1) is 0 Å². The third kappa shape index (κ3) is 3.55. The highest BCUT2D eigenvalue weighted by Gasteiger charge is 2.36. The summed E-state index contributed by atoms with van der Waals surface area (Å²) in [5.74, 6) is -1.05. The fourth-order valence-electron chi connectivity index (χ4n) is 3.03. The summed E-state index contributed by atoms with van der Waals surface area (Å²) in [7, 11) is 0. The van der Waals surface area contributed by atoms with Crippen LogP contribution in [0.5, 0.6) is 5.75 Å². The van der Waals surface area contributed by atoms with E-state index in [9.17, 15) is 27.9 Å². The second-order valence-electron chi connectivity index (χ2n) is 5.78. The van der Waals surface area contributed by atoms with Gasteiger partial charge in [0.15, 0.2) is 6.29 Å². The van der Waals surface area contributed by atoms with Gasteiger partial charge in [0.1, 0.15) is 11.8 Å². The second kappa shape index (κ2) is 6.80. The molecule has 1 aliphatic heterocycles. The molecule has 8 heteroatoms. The van der Waals surface area contributed by atoms with E-state index in [1.807, 2.05) is 0 Å². The van der Waals surface area contributed by atoms with Gasteiger partial charge in [-0.25, -0.2) is 0 Å². The number of ketones is 1. The molecule has 1 unspecified atom stereocenters. The van der Waals surface area contributed by atoms with Gasteiger partial charge in [0.25, 0.3) is 0 Å². The number of aliphatic hydroxyl groups excluding tert-OH is 1. The third-order valence-electron chi connectivity index (χ3n) is 4.13. The summed E-state index contributed by atoms with van der Waals surface area (Å²) < 4.78 is 40.6. The molecule has 5 nitrogen and oxygen atoms in total. The summed E-state index contributed by atoms with van der Waals surface area (Å²) in [4.78, 5) is 24.9. The van der Waals surface area contributed by atoms with Gasteiger partial charge in [0.05, 0.1) is 6.61 Å². The number of fused-ring (bicyclic) bond motifs is 1. The van der Waals surface area contributed by atoms with Crippen molar-refractivity contribution in [1.29, 1.82) is 0 Å². The molecule has 0 saturated heterocycles. The van der Waals surface area contributed by atoms with Gasteiger partial charge in [0, 0.05) is 12.2 Å². The second-order valence-corrected chi connectivity index (χ2v) is 5.78. The molecule has 0 fully saturated rings. The molecule has 3 rings (SSSR count). The third-order valence-corrected chi connectivity index (χ3v) is 4.13. The number of carbonyl (C=O) groups excluding carboxylic acids is 2. The van der Waals surface area contributed by atoms with Crippen molar-refractivity contribution in [3.8, 4) is 5.75 Å². The highest BCUT2D eigenvalue weighted by atomic mass is 19.4. The van der Waals surface area contributed by atoms with E-state index in [-0.39, 0.29) is 18.6 Å². The van der Waals surface area contributed by atoms with Crippen LogP contribution in [0.2, 0.25) is 0 Å². The first kappa shape index (κ1) is 17.9. The highest BCUT2D eigenvalue weighted by Crippen LogP contribution is 2.39. The Balaban J connectivity index is 1.94. The van der Waals surface area contributed by atoms with Crippen LogP contribution in [-0.4, -0.2) is 23.5 Å². The van der Waals surface area contributed by atoms with Gasteiger partial charge in [-0.15, -0.1) is 13.2 Å². The molecule has 1 aliphatic rings. The van der Waals surface area contributed by atoms with Gasteiger partial charge in [-0.3, -0.25) is 9.59 Å². The van der Waals surface area contributed by atoms with E-state index in [1.54, 1.807) is 23.1 Å². The minimum atomic E-state index is -4.79. The summed E-state index contributed by atoms with van der Waals surface area (Å²) in [6.45, 7) is 0.101. The van der Waals surface area contributed by atoms with Crippen molar-refractivity contribution in [1.82, 2.24) is 0 Å². The van der Waals surface area contributed by atoms with Crippen molar-refractivity contribution in [3.63, 3.8) is 0 Å². The monoisotopic (exact) mass is 365 g/mol. The Morgan fingerprint density at radius 1 is 1.23 bits per heavy atom. The highest BCUT2D eigenvalue weighted by molar-refractivity contribution is 6.28. The Morgan fingerprint density at radius 3 is 2.50 bits per heavy atom.